The summed E-state index contributed by atoms with van der Waals surface area (Å²) >= 11 is 0. The summed E-state index contributed by atoms with van der Waals surface area (Å²) in [4.78, 5) is 2.34. The fourth-order valence-corrected chi connectivity index (χ4v) is 3.01. The molecule has 0 unspecified atom stereocenters. The molecule has 2 rings (SSSR count). The summed E-state index contributed by atoms with van der Waals surface area (Å²) in [6.45, 7) is 2.33. The fourth-order valence-electron chi connectivity index (χ4n) is 3.01. The van der Waals surface area contributed by atoms with Crippen LogP contribution in [0.3, 0.4) is 0 Å². The number of hydrogen-bond donors (Lipinski definition) is 1. The Labute approximate surface area is 104 Å². The van der Waals surface area contributed by atoms with Crippen LogP contribution in [-0.2, 0) is 6.54 Å². The van der Waals surface area contributed by atoms with Gasteiger partial charge in [-0.15, -0.1) is 0 Å². The molecule has 1 aromatic carbocycles. The molecule has 1 N–H and O–H groups in total. The van der Waals surface area contributed by atoms with Gasteiger partial charge in [0.1, 0.15) is 0 Å². The zero-order valence-electron chi connectivity index (χ0n) is 10.7. The Kier molecular flexibility index (Phi) is 4.19. The first-order chi connectivity index (χ1) is 8.24. The van der Waals surface area contributed by atoms with Gasteiger partial charge in [-0.3, -0.25) is 0 Å². The van der Waals surface area contributed by atoms with Crippen LogP contribution in [0.15, 0.2) is 30.3 Å². The van der Waals surface area contributed by atoms with Gasteiger partial charge in [0.15, 0.2) is 0 Å². The quantitative estimate of drug-likeness (QED) is 0.845. The lowest BCUT2D eigenvalue weighted by molar-refractivity contribution is 0.0864. The third kappa shape index (κ3) is 3.30. The summed E-state index contributed by atoms with van der Waals surface area (Å²) in [5.41, 5.74) is 1.52. The molecule has 1 aliphatic carbocycles. The Balaban J connectivity index is 1.90. The molecule has 2 nitrogen and oxygen atoms in total. The number of aliphatic hydroxyl groups is 1. The minimum absolute atomic E-state index is 0.170. The molecular formula is C15H23NO. The molecule has 17 heavy (non-hydrogen) atoms. The smallest absolute Gasteiger partial charge is 0.0499 e. The molecule has 0 spiro atoms. The van der Waals surface area contributed by atoms with E-state index in [1.165, 1.54) is 31.2 Å². The number of aliphatic hydroxyl groups excluding tert-OH is 1. The predicted molar refractivity (Wildman–Crippen MR) is 70.8 cm³/mol. The second-order valence-electron chi connectivity index (χ2n) is 5.52. The first-order valence-electron chi connectivity index (χ1n) is 6.57. The highest BCUT2D eigenvalue weighted by Crippen LogP contribution is 2.38. The monoisotopic (exact) mass is 233 g/mol. The van der Waals surface area contributed by atoms with E-state index < -0.39 is 0 Å². The van der Waals surface area contributed by atoms with Crippen molar-refractivity contribution in [2.24, 2.45) is 5.41 Å². The Morgan fingerprint density at radius 3 is 2.41 bits per heavy atom. The maximum absolute atomic E-state index is 9.60. The Morgan fingerprint density at radius 2 is 1.82 bits per heavy atom. The Bertz CT molecular complexity index is 330. The summed E-state index contributed by atoms with van der Waals surface area (Å²) in [7, 11) is 2.16. The van der Waals surface area contributed by atoms with Crippen LogP contribution in [-0.4, -0.2) is 30.2 Å². The van der Waals surface area contributed by atoms with Gasteiger partial charge in [0.25, 0.3) is 0 Å². The molecule has 0 heterocycles. The van der Waals surface area contributed by atoms with Crippen LogP contribution < -0.4 is 0 Å². The van der Waals surface area contributed by atoms with Crippen LogP contribution in [0.4, 0.5) is 0 Å². The molecule has 0 aromatic heterocycles. The molecule has 1 aromatic rings. The Morgan fingerprint density at radius 1 is 1.18 bits per heavy atom. The van der Waals surface area contributed by atoms with Crippen LogP contribution in [0.25, 0.3) is 0 Å². The van der Waals surface area contributed by atoms with E-state index in [4.69, 9.17) is 0 Å². The van der Waals surface area contributed by atoms with E-state index in [2.05, 4.69) is 42.3 Å². The van der Waals surface area contributed by atoms with Crippen molar-refractivity contribution in [2.45, 2.75) is 32.2 Å². The number of nitrogens with zero attached hydrogens (tertiary/aromatic N) is 1. The molecule has 1 aliphatic rings. The zero-order valence-corrected chi connectivity index (χ0v) is 10.7. The summed E-state index contributed by atoms with van der Waals surface area (Å²) < 4.78 is 0. The van der Waals surface area contributed by atoms with E-state index in [-0.39, 0.29) is 5.41 Å². The van der Waals surface area contributed by atoms with Crippen LogP contribution in [0, 0.1) is 5.41 Å². The molecule has 1 fully saturated rings. The highest BCUT2D eigenvalue weighted by atomic mass is 16.3. The maximum atomic E-state index is 9.60. The summed E-state index contributed by atoms with van der Waals surface area (Å²) in [6.07, 6.45) is 4.92. The van der Waals surface area contributed by atoms with Crippen molar-refractivity contribution < 1.29 is 5.11 Å². The van der Waals surface area contributed by atoms with Crippen molar-refractivity contribution in [3.63, 3.8) is 0 Å². The van der Waals surface area contributed by atoms with Crippen molar-refractivity contribution >= 4 is 0 Å². The first-order valence-corrected chi connectivity index (χ1v) is 6.57. The van der Waals surface area contributed by atoms with Crippen molar-refractivity contribution in [3.05, 3.63) is 35.9 Å². The van der Waals surface area contributed by atoms with Crippen LogP contribution in [0.1, 0.15) is 31.2 Å². The third-order valence-electron chi connectivity index (χ3n) is 3.90. The zero-order chi connectivity index (χ0) is 12.1. The van der Waals surface area contributed by atoms with E-state index in [0.717, 1.165) is 13.1 Å². The first kappa shape index (κ1) is 12.6. The highest BCUT2D eigenvalue weighted by Gasteiger charge is 2.34. The summed E-state index contributed by atoms with van der Waals surface area (Å²) in [6, 6.07) is 10.5. The number of rotatable bonds is 5. The average Bonchev–Trinajstić information content (AvgIpc) is 2.79. The molecule has 1 saturated carbocycles. The van der Waals surface area contributed by atoms with E-state index in [0.29, 0.717) is 6.61 Å². The standard InChI is InChI=1S/C15H23NO/c1-16(11-14-7-3-2-4-8-14)12-15(13-17)9-5-6-10-15/h2-4,7-8,17H,5-6,9-13H2,1H3. The molecule has 0 amide bonds. The maximum Gasteiger partial charge on any atom is 0.0499 e. The van der Waals surface area contributed by atoms with Gasteiger partial charge in [0, 0.05) is 25.1 Å². The minimum Gasteiger partial charge on any atom is -0.396 e. The normalized spacial score (nSPS) is 18.8. The van der Waals surface area contributed by atoms with Crippen LogP contribution >= 0.6 is 0 Å². The molecule has 0 saturated heterocycles. The SMILES string of the molecule is CN(Cc1ccccc1)CC1(CO)CCCC1. The second kappa shape index (κ2) is 5.65. The molecule has 0 aliphatic heterocycles. The van der Waals surface area contributed by atoms with E-state index in [9.17, 15) is 5.11 Å². The second-order valence-corrected chi connectivity index (χ2v) is 5.52. The number of benzene rings is 1. The van der Waals surface area contributed by atoms with Gasteiger partial charge < -0.3 is 10.0 Å². The van der Waals surface area contributed by atoms with Gasteiger partial charge in [-0.2, -0.15) is 0 Å². The van der Waals surface area contributed by atoms with Crippen molar-refractivity contribution in [1.82, 2.24) is 4.90 Å². The Hall–Kier alpha value is -0.860. The summed E-state index contributed by atoms with van der Waals surface area (Å²) in [5, 5.41) is 9.60. The highest BCUT2D eigenvalue weighted by molar-refractivity contribution is 5.14. The lowest BCUT2D eigenvalue weighted by Crippen LogP contribution is -2.36. The molecular weight excluding hydrogens is 210 g/mol. The van der Waals surface area contributed by atoms with E-state index in [1.54, 1.807) is 0 Å². The molecule has 0 atom stereocenters. The molecule has 94 valence electrons. The number of hydrogen-bond acceptors (Lipinski definition) is 2. The molecule has 2 heteroatoms. The van der Waals surface area contributed by atoms with Gasteiger partial charge in [0.05, 0.1) is 0 Å². The van der Waals surface area contributed by atoms with Gasteiger partial charge in [-0.25, -0.2) is 0 Å². The average molecular weight is 233 g/mol. The molecule has 0 radical (unpaired) electrons. The molecule has 0 bridgehead atoms. The van der Waals surface area contributed by atoms with Gasteiger partial charge in [-0.05, 0) is 25.5 Å². The van der Waals surface area contributed by atoms with Gasteiger partial charge in [0.2, 0.25) is 0 Å². The fraction of sp³-hybridized carbons (Fsp3) is 0.600. The van der Waals surface area contributed by atoms with Crippen LogP contribution in [0.5, 0.6) is 0 Å². The topological polar surface area (TPSA) is 23.5 Å². The largest absolute Gasteiger partial charge is 0.396 e. The predicted octanol–water partition coefficient (Wildman–Crippen LogP) is 2.67. The van der Waals surface area contributed by atoms with Crippen molar-refractivity contribution in [1.29, 1.82) is 0 Å². The van der Waals surface area contributed by atoms with Crippen LogP contribution in [0.2, 0.25) is 0 Å². The van der Waals surface area contributed by atoms with Gasteiger partial charge >= 0.3 is 0 Å². The van der Waals surface area contributed by atoms with Gasteiger partial charge in [-0.1, -0.05) is 43.2 Å². The summed E-state index contributed by atoms with van der Waals surface area (Å²) in [5.74, 6) is 0. The van der Waals surface area contributed by atoms with Crippen molar-refractivity contribution in [3.8, 4) is 0 Å². The third-order valence-corrected chi connectivity index (χ3v) is 3.90. The van der Waals surface area contributed by atoms with E-state index >= 15 is 0 Å². The minimum atomic E-state index is 0.170. The van der Waals surface area contributed by atoms with Crippen molar-refractivity contribution in [2.75, 3.05) is 20.2 Å². The van der Waals surface area contributed by atoms with E-state index in [1.807, 2.05) is 0 Å². The lowest BCUT2D eigenvalue weighted by atomic mass is 9.86. The lowest BCUT2D eigenvalue weighted by Gasteiger charge is -2.31.